The van der Waals surface area contributed by atoms with Crippen LogP contribution >= 0.6 is 0 Å². The number of aromatic hydroxyl groups is 1. The predicted octanol–water partition coefficient (Wildman–Crippen LogP) is 3.89. The van der Waals surface area contributed by atoms with Gasteiger partial charge in [0.25, 0.3) is 0 Å². The molecule has 2 aromatic rings. The second-order valence-electron chi connectivity index (χ2n) is 4.30. The molecule has 0 saturated carbocycles. The van der Waals surface area contributed by atoms with Crippen LogP contribution in [0.1, 0.15) is 22.0 Å². The minimum atomic E-state index is -4.66. The second-order valence-corrected chi connectivity index (χ2v) is 4.30. The maximum absolute atomic E-state index is 13.1. The van der Waals surface area contributed by atoms with Gasteiger partial charge in [-0.15, -0.1) is 0 Å². The fourth-order valence-corrected chi connectivity index (χ4v) is 1.78. The quantitative estimate of drug-likeness (QED) is 0.871. The van der Waals surface area contributed by atoms with Crippen LogP contribution in [0, 0.1) is 0 Å². The lowest BCUT2D eigenvalue weighted by molar-refractivity contribution is -0.198. The molecular weight excluding hydrogens is 285 g/mol. The van der Waals surface area contributed by atoms with Gasteiger partial charge >= 0.3 is 6.18 Å². The van der Waals surface area contributed by atoms with E-state index in [1.54, 1.807) is 6.07 Å². The van der Waals surface area contributed by atoms with Crippen LogP contribution in [-0.4, -0.2) is 17.6 Å². The average Bonchev–Trinajstić information content (AvgIpc) is 2.46. The molecule has 0 amide bonds. The van der Waals surface area contributed by atoms with Crippen LogP contribution in [0.25, 0.3) is 0 Å². The van der Waals surface area contributed by atoms with E-state index in [4.69, 9.17) is 4.74 Å². The Morgan fingerprint density at radius 3 is 2.33 bits per heavy atom. The van der Waals surface area contributed by atoms with Crippen molar-refractivity contribution in [1.82, 2.24) is 0 Å². The number of phenols is 1. The molecule has 1 N–H and O–H groups in total. The predicted molar refractivity (Wildman–Crippen MR) is 69.4 cm³/mol. The molecule has 6 heteroatoms. The van der Waals surface area contributed by atoms with Gasteiger partial charge in [0.15, 0.2) is 11.5 Å². The van der Waals surface area contributed by atoms with Crippen LogP contribution in [-0.2, 0) is 0 Å². The van der Waals surface area contributed by atoms with Gasteiger partial charge in [-0.3, -0.25) is 4.79 Å². The normalized spacial score (nSPS) is 12.7. The molecule has 0 aliphatic heterocycles. The van der Waals surface area contributed by atoms with Crippen LogP contribution in [0.3, 0.4) is 0 Å². The standard InChI is InChI=1S/C15H11F3O3/c16-15(17,18)14(11-4-2-1-3-5-11)21-13-8-10(9-19)6-7-12(13)20/h1-9,14,20H/t14-/m0/s1. The minimum Gasteiger partial charge on any atom is -0.504 e. The largest absolute Gasteiger partial charge is 0.504 e. The van der Waals surface area contributed by atoms with E-state index in [0.29, 0.717) is 6.29 Å². The molecule has 0 heterocycles. The molecule has 0 radical (unpaired) electrons. The van der Waals surface area contributed by atoms with Crippen molar-refractivity contribution in [1.29, 1.82) is 0 Å². The fraction of sp³-hybridized carbons (Fsp3) is 0.133. The number of phenolic OH excluding ortho intramolecular Hbond substituents is 1. The van der Waals surface area contributed by atoms with Crippen molar-refractivity contribution >= 4 is 6.29 Å². The van der Waals surface area contributed by atoms with E-state index in [-0.39, 0.29) is 11.1 Å². The highest BCUT2D eigenvalue weighted by molar-refractivity contribution is 5.76. The van der Waals surface area contributed by atoms with Gasteiger partial charge < -0.3 is 9.84 Å². The molecular formula is C15H11F3O3. The molecule has 0 aromatic heterocycles. The van der Waals surface area contributed by atoms with Crippen molar-refractivity contribution in [2.75, 3.05) is 0 Å². The molecule has 1 atom stereocenters. The summed E-state index contributed by atoms with van der Waals surface area (Å²) in [6.45, 7) is 0. The summed E-state index contributed by atoms with van der Waals surface area (Å²) in [4.78, 5) is 10.7. The molecule has 2 aromatic carbocycles. The zero-order valence-electron chi connectivity index (χ0n) is 10.7. The molecule has 0 unspecified atom stereocenters. The van der Waals surface area contributed by atoms with Crippen molar-refractivity contribution in [3.05, 3.63) is 59.7 Å². The van der Waals surface area contributed by atoms with Crippen molar-refractivity contribution in [2.24, 2.45) is 0 Å². The number of alkyl halides is 3. The number of aldehydes is 1. The molecule has 0 spiro atoms. The molecule has 0 aliphatic rings. The van der Waals surface area contributed by atoms with Crippen molar-refractivity contribution < 1.29 is 27.8 Å². The summed E-state index contributed by atoms with van der Waals surface area (Å²) in [5.74, 6) is -0.864. The lowest BCUT2D eigenvalue weighted by Crippen LogP contribution is -2.26. The number of halogens is 3. The molecule has 2 rings (SSSR count). The van der Waals surface area contributed by atoms with Gasteiger partial charge in [-0.05, 0) is 18.2 Å². The van der Waals surface area contributed by atoms with Crippen LogP contribution in [0.4, 0.5) is 13.2 Å². The van der Waals surface area contributed by atoms with E-state index in [1.165, 1.54) is 30.3 Å². The monoisotopic (exact) mass is 296 g/mol. The number of carbonyl (C=O) groups is 1. The number of ether oxygens (including phenoxy) is 1. The molecule has 110 valence electrons. The highest BCUT2D eigenvalue weighted by atomic mass is 19.4. The van der Waals surface area contributed by atoms with E-state index in [0.717, 1.165) is 12.1 Å². The van der Waals surface area contributed by atoms with Crippen LogP contribution in [0.5, 0.6) is 11.5 Å². The smallest absolute Gasteiger partial charge is 0.429 e. The van der Waals surface area contributed by atoms with Gasteiger partial charge in [0.1, 0.15) is 6.29 Å². The number of hydrogen-bond acceptors (Lipinski definition) is 3. The molecule has 0 bridgehead atoms. The van der Waals surface area contributed by atoms with Crippen LogP contribution < -0.4 is 4.74 Å². The van der Waals surface area contributed by atoms with E-state index >= 15 is 0 Å². The Morgan fingerprint density at radius 2 is 1.76 bits per heavy atom. The highest BCUT2D eigenvalue weighted by Crippen LogP contribution is 2.39. The maximum atomic E-state index is 13.1. The zero-order valence-corrected chi connectivity index (χ0v) is 10.7. The molecule has 21 heavy (non-hydrogen) atoms. The summed E-state index contributed by atoms with van der Waals surface area (Å²) in [6.07, 6.45) is -6.44. The highest BCUT2D eigenvalue weighted by Gasteiger charge is 2.43. The molecule has 3 nitrogen and oxygen atoms in total. The third kappa shape index (κ3) is 3.53. The molecule has 0 fully saturated rings. The Morgan fingerprint density at radius 1 is 1.10 bits per heavy atom. The number of benzene rings is 2. The number of hydrogen-bond donors (Lipinski definition) is 1. The number of rotatable bonds is 4. The lowest BCUT2D eigenvalue weighted by atomic mass is 10.1. The van der Waals surface area contributed by atoms with Crippen LogP contribution in [0.2, 0.25) is 0 Å². The maximum Gasteiger partial charge on any atom is 0.429 e. The van der Waals surface area contributed by atoms with Crippen LogP contribution in [0.15, 0.2) is 48.5 Å². The van der Waals surface area contributed by atoms with Crippen molar-refractivity contribution in [3.8, 4) is 11.5 Å². The number of carbonyl (C=O) groups excluding carboxylic acids is 1. The van der Waals surface area contributed by atoms with Crippen molar-refractivity contribution in [2.45, 2.75) is 12.3 Å². The Hall–Kier alpha value is -2.50. The Bertz CT molecular complexity index is 624. The lowest BCUT2D eigenvalue weighted by Gasteiger charge is -2.22. The second kappa shape index (κ2) is 5.87. The Balaban J connectivity index is 2.39. The van der Waals surface area contributed by atoms with Gasteiger partial charge in [0, 0.05) is 11.1 Å². The first-order valence-corrected chi connectivity index (χ1v) is 5.98. The van der Waals surface area contributed by atoms with E-state index < -0.39 is 23.8 Å². The van der Waals surface area contributed by atoms with Gasteiger partial charge in [-0.1, -0.05) is 30.3 Å². The minimum absolute atomic E-state index is 0.0964. The summed E-state index contributed by atoms with van der Waals surface area (Å²) in [5, 5.41) is 9.58. The molecule has 0 aliphatic carbocycles. The first-order chi connectivity index (χ1) is 9.91. The van der Waals surface area contributed by atoms with Gasteiger partial charge in [-0.25, -0.2) is 0 Å². The van der Waals surface area contributed by atoms with Gasteiger partial charge in [-0.2, -0.15) is 13.2 Å². The first kappa shape index (κ1) is 14.9. The van der Waals surface area contributed by atoms with Gasteiger partial charge in [0.2, 0.25) is 6.10 Å². The van der Waals surface area contributed by atoms with Gasteiger partial charge in [0.05, 0.1) is 0 Å². The summed E-state index contributed by atoms with van der Waals surface area (Å²) in [6, 6.07) is 10.5. The topological polar surface area (TPSA) is 46.5 Å². The Kier molecular flexibility index (Phi) is 4.16. The Labute approximate surface area is 118 Å². The average molecular weight is 296 g/mol. The van der Waals surface area contributed by atoms with E-state index in [2.05, 4.69) is 0 Å². The fourth-order valence-electron chi connectivity index (χ4n) is 1.78. The molecule has 0 saturated heterocycles. The first-order valence-electron chi connectivity index (χ1n) is 5.98. The zero-order chi connectivity index (χ0) is 15.5. The summed E-state index contributed by atoms with van der Waals surface area (Å²) >= 11 is 0. The van der Waals surface area contributed by atoms with E-state index in [9.17, 15) is 23.1 Å². The summed E-state index contributed by atoms with van der Waals surface area (Å²) in [5.41, 5.74) is 0.0118. The third-order valence-electron chi connectivity index (χ3n) is 2.76. The third-order valence-corrected chi connectivity index (χ3v) is 2.76. The summed E-state index contributed by atoms with van der Waals surface area (Å²) < 4.78 is 44.3. The SMILES string of the molecule is O=Cc1ccc(O)c(O[C@@H](c2ccccc2)C(F)(F)F)c1. The summed E-state index contributed by atoms with van der Waals surface area (Å²) in [7, 11) is 0. The van der Waals surface area contributed by atoms with E-state index in [1.807, 2.05) is 0 Å². The van der Waals surface area contributed by atoms with Crippen molar-refractivity contribution in [3.63, 3.8) is 0 Å².